The Kier molecular flexibility index (Phi) is 4.51. The number of nitro groups is 1. The van der Waals surface area contributed by atoms with Gasteiger partial charge in [-0.25, -0.2) is 12.8 Å². The van der Waals surface area contributed by atoms with Crippen LogP contribution in [0.25, 0.3) is 0 Å². The molecule has 0 spiro atoms. The van der Waals surface area contributed by atoms with Gasteiger partial charge < -0.3 is 0 Å². The molecule has 0 fully saturated rings. The van der Waals surface area contributed by atoms with Gasteiger partial charge >= 0.3 is 0 Å². The number of benzene rings is 1. The third-order valence-corrected chi connectivity index (χ3v) is 6.12. The zero-order valence-corrected chi connectivity index (χ0v) is 13.8. The van der Waals surface area contributed by atoms with Crippen LogP contribution >= 0.6 is 38.9 Å². The molecule has 0 bridgehead atoms. The number of rotatable bonds is 4. The molecule has 112 valence electrons. The Morgan fingerprint density at radius 3 is 2.57 bits per heavy atom. The summed E-state index contributed by atoms with van der Waals surface area (Å²) in [6, 6.07) is 4.25. The first-order valence-electron chi connectivity index (χ1n) is 5.12. The monoisotopic (exact) mass is 414 g/mol. The van der Waals surface area contributed by atoms with Gasteiger partial charge in [-0.2, -0.15) is 0 Å². The molecule has 21 heavy (non-hydrogen) atoms. The molecule has 11 heteroatoms. The third-order valence-electron chi connectivity index (χ3n) is 2.28. The molecule has 0 radical (unpaired) electrons. The van der Waals surface area contributed by atoms with E-state index in [9.17, 15) is 22.9 Å². The molecule has 0 amide bonds. The predicted octanol–water partition coefficient (Wildman–Crippen LogP) is 4.01. The van der Waals surface area contributed by atoms with Gasteiger partial charge in [-0.1, -0.05) is 11.6 Å². The van der Waals surface area contributed by atoms with Gasteiger partial charge in [0.2, 0.25) is 0 Å². The number of sulfonamides is 1. The van der Waals surface area contributed by atoms with Crippen LogP contribution in [0, 0.1) is 15.9 Å². The molecule has 1 aromatic heterocycles. The van der Waals surface area contributed by atoms with E-state index in [0.29, 0.717) is 11.3 Å². The van der Waals surface area contributed by atoms with Crippen LogP contribution < -0.4 is 4.72 Å². The minimum absolute atomic E-state index is 0.101. The van der Waals surface area contributed by atoms with Crippen molar-refractivity contribution >= 4 is 60.3 Å². The fourth-order valence-electron chi connectivity index (χ4n) is 1.36. The lowest BCUT2D eigenvalue weighted by molar-refractivity contribution is -0.384. The van der Waals surface area contributed by atoms with E-state index in [0.717, 1.165) is 18.2 Å². The first-order valence-corrected chi connectivity index (χ1v) is 8.59. The van der Waals surface area contributed by atoms with Gasteiger partial charge in [0.25, 0.3) is 15.7 Å². The van der Waals surface area contributed by atoms with Gasteiger partial charge in [0.05, 0.1) is 10.6 Å². The zero-order chi connectivity index (χ0) is 15.8. The van der Waals surface area contributed by atoms with E-state index in [1.807, 2.05) is 0 Å². The number of anilines is 1. The van der Waals surface area contributed by atoms with Crippen molar-refractivity contribution in [2.45, 2.75) is 4.21 Å². The summed E-state index contributed by atoms with van der Waals surface area (Å²) in [7, 11) is -4.06. The Bertz CT molecular complexity index is 824. The highest BCUT2D eigenvalue weighted by Crippen LogP contribution is 2.37. The van der Waals surface area contributed by atoms with Crippen molar-refractivity contribution in [3.63, 3.8) is 0 Å². The predicted molar refractivity (Wildman–Crippen MR) is 80.9 cm³/mol. The van der Waals surface area contributed by atoms with Gasteiger partial charge in [0, 0.05) is 10.5 Å². The van der Waals surface area contributed by atoms with Crippen LogP contribution in [0.3, 0.4) is 0 Å². The van der Waals surface area contributed by atoms with Crippen LogP contribution in [0.1, 0.15) is 0 Å². The summed E-state index contributed by atoms with van der Waals surface area (Å²) in [4.78, 5) is 9.90. The van der Waals surface area contributed by atoms with E-state index in [4.69, 9.17) is 11.6 Å². The second-order valence-corrected chi connectivity index (χ2v) is 8.13. The summed E-state index contributed by atoms with van der Waals surface area (Å²) < 4.78 is 39.1. The second kappa shape index (κ2) is 5.87. The van der Waals surface area contributed by atoms with Crippen molar-refractivity contribution in [1.82, 2.24) is 0 Å². The van der Waals surface area contributed by atoms with Crippen LogP contribution in [-0.4, -0.2) is 13.3 Å². The molecule has 0 saturated heterocycles. The topological polar surface area (TPSA) is 89.3 Å². The highest BCUT2D eigenvalue weighted by atomic mass is 79.9. The van der Waals surface area contributed by atoms with Crippen LogP contribution in [0.4, 0.5) is 15.8 Å². The Labute approximate surface area is 135 Å². The average molecular weight is 416 g/mol. The van der Waals surface area contributed by atoms with Gasteiger partial charge in [-0.3, -0.25) is 14.8 Å². The minimum atomic E-state index is -4.06. The molecule has 0 aliphatic carbocycles. The van der Waals surface area contributed by atoms with E-state index < -0.39 is 26.5 Å². The van der Waals surface area contributed by atoms with E-state index in [-0.39, 0.29) is 18.7 Å². The highest BCUT2D eigenvalue weighted by molar-refractivity contribution is 9.10. The summed E-state index contributed by atoms with van der Waals surface area (Å²) >= 11 is 9.21. The summed E-state index contributed by atoms with van der Waals surface area (Å²) in [6.45, 7) is 0. The first kappa shape index (κ1) is 16.1. The molecule has 2 aromatic rings. The van der Waals surface area contributed by atoms with Crippen LogP contribution in [0.15, 0.2) is 32.9 Å². The quantitative estimate of drug-likeness (QED) is 0.603. The van der Waals surface area contributed by atoms with Gasteiger partial charge in [0.1, 0.15) is 10.0 Å². The van der Waals surface area contributed by atoms with E-state index in [2.05, 4.69) is 20.7 Å². The van der Waals surface area contributed by atoms with Crippen LogP contribution in [0.5, 0.6) is 0 Å². The van der Waals surface area contributed by atoms with Crippen molar-refractivity contribution in [2.75, 3.05) is 4.72 Å². The Morgan fingerprint density at radius 2 is 2.05 bits per heavy atom. The maximum absolute atomic E-state index is 13.0. The molecule has 1 N–H and O–H groups in total. The van der Waals surface area contributed by atoms with Gasteiger partial charge in [-0.05, 0) is 34.1 Å². The molecule has 6 nitrogen and oxygen atoms in total. The molecule has 0 saturated carbocycles. The zero-order valence-electron chi connectivity index (χ0n) is 9.84. The number of nitrogens with zero attached hydrogens (tertiary/aromatic N) is 1. The average Bonchev–Trinajstić information content (AvgIpc) is 2.76. The number of halogens is 3. The molecule has 1 aromatic carbocycles. The van der Waals surface area contributed by atoms with Crippen LogP contribution in [0.2, 0.25) is 4.34 Å². The molecular weight excluding hydrogens is 411 g/mol. The fourth-order valence-corrected chi connectivity index (χ4v) is 4.69. The fraction of sp³-hybridized carbons (Fsp3) is 0. The van der Waals surface area contributed by atoms with Crippen molar-refractivity contribution in [1.29, 1.82) is 0 Å². The second-order valence-electron chi connectivity index (χ2n) is 3.71. The third kappa shape index (κ3) is 3.51. The maximum Gasteiger partial charge on any atom is 0.300 e. The molecule has 1 heterocycles. The first-order chi connectivity index (χ1) is 9.70. The molecule has 0 unspecified atom stereocenters. The van der Waals surface area contributed by atoms with Crippen LogP contribution in [-0.2, 0) is 10.0 Å². The van der Waals surface area contributed by atoms with Crippen molar-refractivity contribution in [3.05, 3.63) is 49.0 Å². The number of hydrogen-bond acceptors (Lipinski definition) is 5. The summed E-state index contributed by atoms with van der Waals surface area (Å²) in [5, 5.41) is 10.7. The smallest absolute Gasteiger partial charge is 0.278 e. The Morgan fingerprint density at radius 1 is 1.38 bits per heavy atom. The van der Waals surface area contributed by atoms with Gasteiger partial charge in [0.15, 0.2) is 4.34 Å². The maximum atomic E-state index is 13.0. The SMILES string of the molecule is O=[N+]([O-])c1cc(S(=O)(=O)Nc2ccc(F)cc2Br)sc1Cl. The Balaban J connectivity index is 2.38. The summed E-state index contributed by atoms with van der Waals surface area (Å²) in [6.07, 6.45) is 0. The molecule has 0 aliphatic rings. The molecular formula is C10H5BrClFN2O4S2. The number of hydrogen-bond donors (Lipinski definition) is 1. The van der Waals surface area contributed by atoms with E-state index >= 15 is 0 Å². The minimum Gasteiger partial charge on any atom is -0.278 e. The van der Waals surface area contributed by atoms with E-state index in [1.54, 1.807) is 0 Å². The van der Waals surface area contributed by atoms with Gasteiger partial charge in [-0.15, -0.1) is 11.3 Å². The lowest BCUT2D eigenvalue weighted by atomic mass is 10.3. The highest BCUT2D eigenvalue weighted by Gasteiger charge is 2.25. The van der Waals surface area contributed by atoms with Crippen molar-refractivity contribution < 1.29 is 17.7 Å². The Hall–Kier alpha value is -1.23. The lowest BCUT2D eigenvalue weighted by Crippen LogP contribution is -2.11. The van der Waals surface area contributed by atoms with Crippen molar-refractivity contribution in [3.8, 4) is 0 Å². The lowest BCUT2D eigenvalue weighted by Gasteiger charge is -2.07. The molecule has 0 atom stereocenters. The molecule has 2 rings (SSSR count). The normalized spacial score (nSPS) is 11.4. The van der Waals surface area contributed by atoms with E-state index in [1.165, 1.54) is 6.07 Å². The number of nitrogens with one attached hydrogen (secondary N) is 1. The van der Waals surface area contributed by atoms with Crippen molar-refractivity contribution in [2.24, 2.45) is 0 Å². The standard InChI is InChI=1S/C10H5BrClFN2O4S2/c11-6-3-5(13)1-2-7(6)14-21(18,19)9-4-8(15(16)17)10(12)20-9/h1-4,14H. The largest absolute Gasteiger partial charge is 0.300 e. The summed E-state index contributed by atoms with van der Waals surface area (Å²) in [5.74, 6) is -0.542. The summed E-state index contributed by atoms with van der Waals surface area (Å²) in [5.41, 5.74) is -0.385. The number of thiophene rings is 1. The molecule has 0 aliphatic heterocycles.